The van der Waals surface area contributed by atoms with Crippen LogP contribution in [0.3, 0.4) is 0 Å². The van der Waals surface area contributed by atoms with Crippen LogP contribution in [0.1, 0.15) is 61.7 Å². The maximum absolute atomic E-state index is 12.8. The number of carboxylic acid groups (broad SMARTS) is 1. The summed E-state index contributed by atoms with van der Waals surface area (Å²) >= 11 is 0. The van der Waals surface area contributed by atoms with E-state index in [1.54, 1.807) is 36.3 Å². The van der Waals surface area contributed by atoms with Crippen molar-refractivity contribution in [3.8, 4) is 5.75 Å². The van der Waals surface area contributed by atoms with Crippen molar-refractivity contribution in [1.82, 2.24) is 4.90 Å². The summed E-state index contributed by atoms with van der Waals surface area (Å²) in [5, 5.41) is 9.53. The van der Waals surface area contributed by atoms with Gasteiger partial charge in [0.25, 0.3) is 0 Å². The molecule has 1 saturated carbocycles. The third-order valence-corrected chi connectivity index (χ3v) is 5.87. The molecule has 3 rings (SSSR count). The lowest BCUT2D eigenvalue weighted by molar-refractivity contribution is -0.149. The van der Waals surface area contributed by atoms with Gasteiger partial charge in [0.15, 0.2) is 5.78 Å². The molecule has 1 aliphatic carbocycles. The Labute approximate surface area is 159 Å². The van der Waals surface area contributed by atoms with Gasteiger partial charge in [-0.25, -0.2) is 4.79 Å². The van der Waals surface area contributed by atoms with E-state index >= 15 is 0 Å². The number of carbonyl (C=O) groups is 3. The van der Waals surface area contributed by atoms with Gasteiger partial charge in [-0.05, 0) is 55.9 Å². The first-order valence-corrected chi connectivity index (χ1v) is 9.72. The van der Waals surface area contributed by atoms with Gasteiger partial charge < -0.3 is 14.7 Å². The number of methoxy groups -OCH3 is 1. The lowest BCUT2D eigenvalue weighted by Gasteiger charge is -2.33. The number of aliphatic carboxylic acids is 1. The second kappa shape index (κ2) is 8.55. The highest BCUT2D eigenvalue weighted by atomic mass is 16.5. The minimum Gasteiger partial charge on any atom is -0.497 e. The Morgan fingerprint density at radius 3 is 2.48 bits per heavy atom. The standard InChI is InChI=1S/C21H27NO5/c1-27-16-11-9-14(10-12-16)19(23)7-4-8-20(24)22-17-6-3-2-5-15(17)13-18(22)21(25)26/h9-12,15,17-18H,2-8,13H2,1H3,(H,25,26). The number of benzene rings is 1. The Morgan fingerprint density at radius 1 is 1.11 bits per heavy atom. The molecule has 0 radical (unpaired) electrons. The summed E-state index contributed by atoms with van der Waals surface area (Å²) in [5.41, 5.74) is 0.597. The number of amides is 1. The number of carbonyl (C=O) groups excluding carboxylic acids is 2. The van der Waals surface area contributed by atoms with Crippen LogP contribution >= 0.6 is 0 Å². The van der Waals surface area contributed by atoms with E-state index in [4.69, 9.17) is 4.74 Å². The molecule has 2 aliphatic rings. The molecular formula is C21H27NO5. The van der Waals surface area contributed by atoms with Crippen LogP contribution in [0.4, 0.5) is 0 Å². The van der Waals surface area contributed by atoms with E-state index in [1.807, 2.05) is 0 Å². The monoisotopic (exact) mass is 373 g/mol. The summed E-state index contributed by atoms with van der Waals surface area (Å²) in [7, 11) is 1.57. The molecule has 27 heavy (non-hydrogen) atoms. The molecule has 1 aromatic carbocycles. The number of rotatable bonds is 7. The van der Waals surface area contributed by atoms with Gasteiger partial charge in [0, 0.05) is 24.4 Å². The highest BCUT2D eigenvalue weighted by Crippen LogP contribution is 2.40. The minimum atomic E-state index is -0.910. The zero-order chi connectivity index (χ0) is 19.4. The van der Waals surface area contributed by atoms with Crippen LogP contribution in [0.15, 0.2) is 24.3 Å². The normalized spacial score (nSPS) is 24.3. The summed E-state index contributed by atoms with van der Waals surface area (Å²) in [5.74, 6) is -0.0502. The van der Waals surface area contributed by atoms with Gasteiger partial charge in [-0.15, -0.1) is 0 Å². The summed E-state index contributed by atoms with van der Waals surface area (Å²) in [4.78, 5) is 38.3. The van der Waals surface area contributed by atoms with E-state index in [0.29, 0.717) is 30.1 Å². The fourth-order valence-electron chi connectivity index (χ4n) is 4.49. The van der Waals surface area contributed by atoms with Crippen molar-refractivity contribution in [1.29, 1.82) is 0 Å². The lowest BCUT2D eigenvalue weighted by atomic mass is 9.84. The Balaban J connectivity index is 1.55. The van der Waals surface area contributed by atoms with Crippen LogP contribution < -0.4 is 4.74 Å². The largest absolute Gasteiger partial charge is 0.497 e. The van der Waals surface area contributed by atoms with Gasteiger partial charge in [-0.2, -0.15) is 0 Å². The summed E-state index contributed by atoms with van der Waals surface area (Å²) in [6, 6.07) is 6.27. The lowest BCUT2D eigenvalue weighted by Crippen LogP contribution is -2.46. The molecule has 1 saturated heterocycles. The molecular weight excluding hydrogens is 346 g/mol. The fraction of sp³-hybridized carbons (Fsp3) is 0.571. The molecule has 1 N–H and O–H groups in total. The van der Waals surface area contributed by atoms with Crippen LogP contribution in [0.25, 0.3) is 0 Å². The van der Waals surface area contributed by atoms with Crippen molar-refractivity contribution in [3.63, 3.8) is 0 Å². The molecule has 3 atom stereocenters. The molecule has 146 valence electrons. The number of fused-ring (bicyclic) bond motifs is 1. The first-order chi connectivity index (χ1) is 13.0. The zero-order valence-electron chi connectivity index (χ0n) is 15.7. The third kappa shape index (κ3) is 4.31. The zero-order valence-corrected chi connectivity index (χ0v) is 15.7. The first kappa shape index (κ1) is 19.4. The highest BCUT2D eigenvalue weighted by Gasteiger charge is 2.47. The fourth-order valence-corrected chi connectivity index (χ4v) is 4.49. The number of hydrogen-bond donors (Lipinski definition) is 1. The highest BCUT2D eigenvalue weighted by molar-refractivity contribution is 5.96. The topological polar surface area (TPSA) is 83.9 Å². The number of ketones is 1. The van der Waals surface area contributed by atoms with Crippen molar-refractivity contribution >= 4 is 17.7 Å². The van der Waals surface area contributed by atoms with Gasteiger partial charge in [0.05, 0.1) is 7.11 Å². The molecule has 6 nitrogen and oxygen atoms in total. The number of carboxylic acids is 1. The predicted octanol–water partition coefficient (Wildman–Crippen LogP) is 3.29. The van der Waals surface area contributed by atoms with Crippen molar-refractivity contribution in [3.05, 3.63) is 29.8 Å². The summed E-state index contributed by atoms with van der Waals surface area (Å²) in [6.07, 6.45) is 5.56. The maximum Gasteiger partial charge on any atom is 0.326 e. The molecule has 0 spiro atoms. The average molecular weight is 373 g/mol. The number of likely N-dealkylation sites (tertiary alicyclic amines) is 1. The Hall–Kier alpha value is -2.37. The Kier molecular flexibility index (Phi) is 6.14. The average Bonchev–Trinajstić information content (AvgIpc) is 3.08. The smallest absolute Gasteiger partial charge is 0.326 e. The van der Waals surface area contributed by atoms with Gasteiger partial charge >= 0.3 is 5.97 Å². The molecule has 1 amide bonds. The predicted molar refractivity (Wildman–Crippen MR) is 99.8 cm³/mol. The van der Waals surface area contributed by atoms with Gasteiger partial charge in [0.1, 0.15) is 11.8 Å². The molecule has 0 aromatic heterocycles. The Morgan fingerprint density at radius 2 is 1.81 bits per heavy atom. The number of Topliss-reactive ketones (excluding diaryl/α,β-unsaturated/α-hetero) is 1. The van der Waals surface area contributed by atoms with E-state index in [0.717, 1.165) is 25.7 Å². The molecule has 2 fully saturated rings. The van der Waals surface area contributed by atoms with E-state index in [9.17, 15) is 19.5 Å². The second-order valence-electron chi connectivity index (χ2n) is 7.51. The minimum absolute atomic E-state index is 0.0165. The van der Waals surface area contributed by atoms with Crippen molar-refractivity contribution in [2.45, 2.75) is 63.5 Å². The van der Waals surface area contributed by atoms with Gasteiger partial charge in [-0.3, -0.25) is 9.59 Å². The quantitative estimate of drug-likeness (QED) is 0.742. The van der Waals surface area contributed by atoms with Crippen molar-refractivity contribution in [2.75, 3.05) is 7.11 Å². The molecule has 6 heteroatoms. The molecule has 1 aliphatic heterocycles. The van der Waals surface area contributed by atoms with Crippen LogP contribution in [0, 0.1) is 5.92 Å². The van der Waals surface area contributed by atoms with Crippen LogP contribution in [-0.2, 0) is 9.59 Å². The molecule has 1 heterocycles. The number of ether oxygens (including phenoxy) is 1. The van der Waals surface area contributed by atoms with E-state index in [2.05, 4.69) is 0 Å². The maximum atomic E-state index is 12.8. The third-order valence-electron chi connectivity index (χ3n) is 5.87. The van der Waals surface area contributed by atoms with Crippen LogP contribution in [0.2, 0.25) is 0 Å². The summed E-state index contributed by atoms with van der Waals surface area (Å²) < 4.78 is 5.08. The van der Waals surface area contributed by atoms with Crippen LogP contribution in [0.5, 0.6) is 5.75 Å². The number of hydrogen-bond acceptors (Lipinski definition) is 4. The molecule has 3 unspecified atom stereocenters. The van der Waals surface area contributed by atoms with E-state index < -0.39 is 12.0 Å². The van der Waals surface area contributed by atoms with Gasteiger partial charge in [-0.1, -0.05) is 12.8 Å². The first-order valence-electron chi connectivity index (χ1n) is 9.72. The van der Waals surface area contributed by atoms with Crippen LogP contribution in [-0.4, -0.2) is 46.9 Å². The van der Waals surface area contributed by atoms with Crippen molar-refractivity contribution < 1.29 is 24.2 Å². The molecule has 1 aromatic rings. The SMILES string of the molecule is COc1ccc(C(=O)CCCC(=O)N2C(C(=O)O)CC3CCCCC32)cc1. The van der Waals surface area contributed by atoms with E-state index in [1.165, 1.54) is 0 Å². The molecule has 0 bridgehead atoms. The van der Waals surface area contributed by atoms with E-state index in [-0.39, 0.29) is 30.6 Å². The summed E-state index contributed by atoms with van der Waals surface area (Å²) in [6.45, 7) is 0. The van der Waals surface area contributed by atoms with Gasteiger partial charge in [0.2, 0.25) is 5.91 Å². The number of nitrogens with zero attached hydrogens (tertiary/aromatic N) is 1. The van der Waals surface area contributed by atoms with Crippen molar-refractivity contribution in [2.24, 2.45) is 5.92 Å². The Bertz CT molecular complexity index is 699. The second-order valence-corrected chi connectivity index (χ2v) is 7.51.